The van der Waals surface area contributed by atoms with Gasteiger partial charge in [-0.1, -0.05) is 50.0 Å². The predicted molar refractivity (Wildman–Crippen MR) is 87.8 cm³/mol. The van der Waals surface area contributed by atoms with Gasteiger partial charge in [-0.3, -0.25) is 0 Å². The zero-order valence-electron chi connectivity index (χ0n) is 12.2. The first-order valence-corrected chi connectivity index (χ1v) is 7.34. The van der Waals surface area contributed by atoms with Gasteiger partial charge in [0.25, 0.3) is 0 Å². The van der Waals surface area contributed by atoms with E-state index >= 15 is 0 Å². The van der Waals surface area contributed by atoms with Crippen molar-refractivity contribution in [2.24, 2.45) is 5.84 Å². The van der Waals surface area contributed by atoms with E-state index in [1.807, 2.05) is 18.2 Å². The molecule has 0 saturated carbocycles. The molecule has 21 heavy (non-hydrogen) atoms. The van der Waals surface area contributed by atoms with Gasteiger partial charge in [-0.15, -0.1) is 0 Å². The summed E-state index contributed by atoms with van der Waals surface area (Å²) in [7, 11) is 0. The lowest BCUT2D eigenvalue weighted by Crippen LogP contribution is -2.18. The Bertz CT molecular complexity index is 651. The molecule has 0 amide bonds. The van der Waals surface area contributed by atoms with Crippen molar-refractivity contribution >= 4 is 29.0 Å². The van der Waals surface area contributed by atoms with Gasteiger partial charge in [-0.25, -0.2) is 15.8 Å². The Morgan fingerprint density at radius 1 is 1.10 bits per heavy atom. The molecule has 2 aromatic rings. The Morgan fingerprint density at radius 2 is 1.81 bits per heavy atom. The molecule has 1 heterocycles. The number of hydrazine groups is 1. The van der Waals surface area contributed by atoms with E-state index in [0.717, 1.165) is 11.3 Å². The summed E-state index contributed by atoms with van der Waals surface area (Å²) >= 11 is 12.0. The molecule has 0 saturated heterocycles. The molecule has 0 aliphatic heterocycles. The minimum Gasteiger partial charge on any atom is -0.308 e. The van der Waals surface area contributed by atoms with Crippen LogP contribution in [-0.2, 0) is 11.8 Å². The first kappa shape index (κ1) is 16.0. The van der Waals surface area contributed by atoms with Crippen LogP contribution in [0, 0.1) is 0 Å². The number of halogens is 2. The van der Waals surface area contributed by atoms with Crippen LogP contribution < -0.4 is 11.3 Å². The second-order valence-electron chi connectivity index (χ2n) is 5.87. The van der Waals surface area contributed by atoms with E-state index in [0.29, 0.717) is 28.1 Å². The Balaban J connectivity index is 2.36. The fourth-order valence-electron chi connectivity index (χ4n) is 1.87. The summed E-state index contributed by atoms with van der Waals surface area (Å²) in [5.74, 6) is 6.78. The summed E-state index contributed by atoms with van der Waals surface area (Å²) < 4.78 is 0. The molecule has 4 nitrogen and oxygen atoms in total. The molecule has 0 bridgehead atoms. The highest BCUT2D eigenvalue weighted by Crippen LogP contribution is 2.25. The molecule has 112 valence electrons. The SMILES string of the molecule is CC(C)(C)c1cc(NN)nc(Cc2ccc(Cl)c(Cl)c2)n1. The smallest absolute Gasteiger partial charge is 0.143 e. The third kappa shape index (κ3) is 4.06. The third-order valence-electron chi connectivity index (χ3n) is 3.04. The van der Waals surface area contributed by atoms with Crippen LogP contribution >= 0.6 is 23.2 Å². The second-order valence-corrected chi connectivity index (χ2v) is 6.69. The van der Waals surface area contributed by atoms with Gasteiger partial charge in [0, 0.05) is 17.9 Å². The number of hydrogen-bond acceptors (Lipinski definition) is 4. The Labute approximate surface area is 134 Å². The van der Waals surface area contributed by atoms with E-state index in [2.05, 4.69) is 36.2 Å². The number of rotatable bonds is 3. The number of benzene rings is 1. The number of nitrogens with zero attached hydrogens (tertiary/aromatic N) is 2. The fraction of sp³-hybridized carbons (Fsp3) is 0.333. The molecule has 2 rings (SSSR count). The van der Waals surface area contributed by atoms with Crippen LogP contribution in [0.3, 0.4) is 0 Å². The number of nitrogens with two attached hydrogens (primary N) is 1. The molecule has 0 fully saturated rings. The molecule has 1 aromatic heterocycles. The van der Waals surface area contributed by atoms with Crippen LogP contribution in [-0.4, -0.2) is 9.97 Å². The summed E-state index contributed by atoms with van der Waals surface area (Å²) in [4.78, 5) is 9.01. The first-order chi connectivity index (χ1) is 9.79. The Kier molecular flexibility index (Phi) is 4.71. The highest BCUT2D eigenvalue weighted by atomic mass is 35.5. The lowest BCUT2D eigenvalue weighted by Gasteiger charge is -2.19. The van der Waals surface area contributed by atoms with Crippen LogP contribution in [0.15, 0.2) is 24.3 Å². The summed E-state index contributed by atoms with van der Waals surface area (Å²) in [5.41, 5.74) is 4.44. The van der Waals surface area contributed by atoms with Crippen LogP contribution in [0.4, 0.5) is 5.82 Å². The summed E-state index contributed by atoms with van der Waals surface area (Å²) in [6.45, 7) is 6.29. The van der Waals surface area contributed by atoms with E-state index in [1.165, 1.54) is 0 Å². The highest BCUT2D eigenvalue weighted by Gasteiger charge is 2.18. The molecular weight excluding hydrogens is 307 g/mol. The van der Waals surface area contributed by atoms with Crippen molar-refractivity contribution in [1.82, 2.24) is 9.97 Å². The van der Waals surface area contributed by atoms with Crippen LogP contribution in [0.1, 0.15) is 37.9 Å². The molecule has 0 aliphatic carbocycles. The summed E-state index contributed by atoms with van der Waals surface area (Å²) in [6, 6.07) is 7.37. The van der Waals surface area contributed by atoms with Crippen molar-refractivity contribution in [1.29, 1.82) is 0 Å². The van der Waals surface area contributed by atoms with E-state index in [-0.39, 0.29) is 5.41 Å². The van der Waals surface area contributed by atoms with Crippen molar-refractivity contribution in [3.05, 3.63) is 51.4 Å². The first-order valence-electron chi connectivity index (χ1n) is 6.58. The zero-order chi connectivity index (χ0) is 15.6. The molecule has 0 aliphatic rings. The Hall–Kier alpha value is -1.36. The van der Waals surface area contributed by atoms with E-state index in [1.54, 1.807) is 6.07 Å². The van der Waals surface area contributed by atoms with Crippen molar-refractivity contribution in [3.63, 3.8) is 0 Å². The number of nitrogens with one attached hydrogen (secondary N) is 1. The lowest BCUT2D eigenvalue weighted by atomic mass is 9.92. The monoisotopic (exact) mass is 324 g/mol. The minimum absolute atomic E-state index is 0.0824. The average Bonchev–Trinajstić information content (AvgIpc) is 2.41. The van der Waals surface area contributed by atoms with Gasteiger partial charge in [0.2, 0.25) is 0 Å². The topological polar surface area (TPSA) is 63.8 Å². The number of hydrogen-bond donors (Lipinski definition) is 2. The van der Waals surface area contributed by atoms with Crippen molar-refractivity contribution < 1.29 is 0 Å². The van der Waals surface area contributed by atoms with E-state index < -0.39 is 0 Å². The standard InChI is InChI=1S/C15H18Cl2N4/c1-15(2,3)12-8-14(21-18)20-13(19-12)7-9-4-5-10(16)11(17)6-9/h4-6,8H,7,18H2,1-3H3,(H,19,20,21). The quantitative estimate of drug-likeness (QED) is 0.662. The van der Waals surface area contributed by atoms with Crippen molar-refractivity contribution in [2.75, 3.05) is 5.43 Å². The Morgan fingerprint density at radius 3 is 2.38 bits per heavy atom. The largest absolute Gasteiger partial charge is 0.308 e. The maximum Gasteiger partial charge on any atom is 0.143 e. The molecular formula is C15H18Cl2N4. The van der Waals surface area contributed by atoms with Gasteiger partial charge in [-0.2, -0.15) is 0 Å². The van der Waals surface area contributed by atoms with E-state index in [4.69, 9.17) is 29.0 Å². The summed E-state index contributed by atoms with van der Waals surface area (Å²) in [5, 5.41) is 1.06. The lowest BCUT2D eigenvalue weighted by molar-refractivity contribution is 0.563. The predicted octanol–water partition coefficient (Wildman–Crippen LogP) is 3.96. The second kappa shape index (κ2) is 6.18. The summed E-state index contributed by atoms with van der Waals surface area (Å²) in [6.07, 6.45) is 0.565. The van der Waals surface area contributed by atoms with Gasteiger partial charge in [-0.05, 0) is 17.7 Å². The molecule has 0 atom stereocenters. The zero-order valence-corrected chi connectivity index (χ0v) is 13.8. The van der Waals surface area contributed by atoms with Crippen molar-refractivity contribution in [3.8, 4) is 0 Å². The highest BCUT2D eigenvalue weighted by molar-refractivity contribution is 6.42. The maximum absolute atomic E-state index is 6.04. The minimum atomic E-state index is -0.0824. The molecule has 0 radical (unpaired) electrons. The number of aromatic nitrogens is 2. The number of anilines is 1. The average molecular weight is 325 g/mol. The van der Waals surface area contributed by atoms with Gasteiger partial charge in [0.05, 0.1) is 15.7 Å². The molecule has 1 aromatic carbocycles. The van der Waals surface area contributed by atoms with E-state index in [9.17, 15) is 0 Å². The van der Waals surface area contributed by atoms with Gasteiger partial charge in [0.15, 0.2) is 0 Å². The molecule has 0 spiro atoms. The molecule has 6 heteroatoms. The van der Waals surface area contributed by atoms with Gasteiger partial charge >= 0.3 is 0 Å². The van der Waals surface area contributed by atoms with Gasteiger partial charge in [0.1, 0.15) is 11.6 Å². The fourth-order valence-corrected chi connectivity index (χ4v) is 2.19. The maximum atomic E-state index is 6.04. The molecule has 0 unspecified atom stereocenters. The normalized spacial score (nSPS) is 11.5. The van der Waals surface area contributed by atoms with Crippen LogP contribution in [0.25, 0.3) is 0 Å². The van der Waals surface area contributed by atoms with Gasteiger partial charge < -0.3 is 5.43 Å². The van der Waals surface area contributed by atoms with Crippen molar-refractivity contribution in [2.45, 2.75) is 32.6 Å². The van der Waals surface area contributed by atoms with Crippen LogP contribution in [0.5, 0.6) is 0 Å². The molecule has 3 N–H and O–H groups in total. The van der Waals surface area contributed by atoms with Crippen LogP contribution in [0.2, 0.25) is 10.0 Å². The third-order valence-corrected chi connectivity index (χ3v) is 3.77. The number of nitrogen functional groups attached to an aromatic ring is 1.